The summed E-state index contributed by atoms with van der Waals surface area (Å²) in [6.45, 7) is 8.66. The average Bonchev–Trinajstić information content (AvgIpc) is 2.84. The largest absolute Gasteiger partial charge is 0.311 e. The van der Waals surface area contributed by atoms with Crippen LogP contribution in [0.15, 0.2) is 12.3 Å². The highest BCUT2D eigenvalue weighted by molar-refractivity contribution is 7.99. The van der Waals surface area contributed by atoms with Crippen LogP contribution in [0.1, 0.15) is 51.8 Å². The Labute approximate surface area is 116 Å². The molecule has 0 fully saturated rings. The summed E-state index contributed by atoms with van der Waals surface area (Å²) >= 11 is 1.93. The summed E-state index contributed by atoms with van der Waals surface area (Å²) in [6.07, 6.45) is 7.79. The lowest BCUT2D eigenvalue weighted by atomic mass is 10.2. The van der Waals surface area contributed by atoms with Gasteiger partial charge in [0, 0.05) is 18.0 Å². The molecule has 0 saturated heterocycles. The molecule has 1 N–H and O–H groups in total. The first kappa shape index (κ1) is 15.6. The van der Waals surface area contributed by atoms with Crippen molar-refractivity contribution in [3.63, 3.8) is 0 Å². The van der Waals surface area contributed by atoms with Crippen LogP contribution in [0.4, 0.5) is 0 Å². The highest BCUT2D eigenvalue weighted by atomic mass is 32.2. The summed E-state index contributed by atoms with van der Waals surface area (Å²) in [4.78, 5) is 0. The molecule has 0 amide bonds. The molecule has 0 saturated carbocycles. The van der Waals surface area contributed by atoms with Crippen LogP contribution in [0.2, 0.25) is 0 Å². The van der Waals surface area contributed by atoms with Gasteiger partial charge >= 0.3 is 0 Å². The van der Waals surface area contributed by atoms with Gasteiger partial charge in [-0.1, -0.05) is 20.8 Å². The van der Waals surface area contributed by atoms with Crippen molar-refractivity contribution in [3.05, 3.63) is 18.0 Å². The van der Waals surface area contributed by atoms with Crippen LogP contribution < -0.4 is 5.32 Å². The molecule has 0 aliphatic rings. The highest BCUT2D eigenvalue weighted by Crippen LogP contribution is 2.14. The zero-order chi connectivity index (χ0) is 13.4. The van der Waals surface area contributed by atoms with E-state index in [2.05, 4.69) is 54.4 Å². The first-order chi connectivity index (χ1) is 8.71. The number of nitrogens with one attached hydrogen (secondary N) is 1. The molecule has 1 rings (SSSR count). The van der Waals surface area contributed by atoms with E-state index in [4.69, 9.17) is 0 Å². The Kier molecular flexibility index (Phi) is 7.44. The fourth-order valence-electron chi connectivity index (χ4n) is 1.98. The molecular formula is C14H27N3S. The second-order valence-electron chi connectivity index (χ2n) is 4.77. The lowest BCUT2D eigenvalue weighted by molar-refractivity contribution is 0.424. The van der Waals surface area contributed by atoms with E-state index in [1.54, 1.807) is 0 Å². The Morgan fingerprint density at radius 3 is 2.72 bits per heavy atom. The van der Waals surface area contributed by atoms with E-state index in [1.807, 2.05) is 11.8 Å². The zero-order valence-corrected chi connectivity index (χ0v) is 13.0. The summed E-state index contributed by atoms with van der Waals surface area (Å²) in [5.74, 6) is 0. The minimum Gasteiger partial charge on any atom is -0.311 e. The van der Waals surface area contributed by atoms with Crippen molar-refractivity contribution in [1.29, 1.82) is 0 Å². The molecule has 1 aromatic rings. The van der Waals surface area contributed by atoms with Crippen LogP contribution in [-0.2, 0) is 6.54 Å². The molecule has 4 heteroatoms. The SMILES string of the molecule is CCC(CC)n1ccc(CNCCC(C)SC)n1. The Morgan fingerprint density at radius 1 is 1.39 bits per heavy atom. The van der Waals surface area contributed by atoms with Gasteiger partial charge in [0.25, 0.3) is 0 Å². The smallest absolute Gasteiger partial charge is 0.0762 e. The minimum atomic E-state index is 0.551. The van der Waals surface area contributed by atoms with E-state index in [0.717, 1.165) is 36.9 Å². The molecule has 0 aliphatic heterocycles. The summed E-state index contributed by atoms with van der Waals surface area (Å²) in [7, 11) is 0. The van der Waals surface area contributed by atoms with E-state index >= 15 is 0 Å². The van der Waals surface area contributed by atoms with E-state index in [0.29, 0.717) is 6.04 Å². The van der Waals surface area contributed by atoms with E-state index in [9.17, 15) is 0 Å². The predicted octanol–water partition coefficient (Wildman–Crippen LogP) is 3.48. The Bertz CT molecular complexity index is 321. The van der Waals surface area contributed by atoms with Gasteiger partial charge < -0.3 is 5.32 Å². The zero-order valence-electron chi connectivity index (χ0n) is 12.1. The molecule has 3 nitrogen and oxygen atoms in total. The molecule has 0 bridgehead atoms. The van der Waals surface area contributed by atoms with Crippen molar-refractivity contribution >= 4 is 11.8 Å². The van der Waals surface area contributed by atoms with Crippen molar-refractivity contribution in [2.75, 3.05) is 12.8 Å². The first-order valence-corrected chi connectivity index (χ1v) is 8.27. The quantitative estimate of drug-likeness (QED) is 0.696. The van der Waals surface area contributed by atoms with Gasteiger partial charge in [-0.3, -0.25) is 4.68 Å². The van der Waals surface area contributed by atoms with Crippen molar-refractivity contribution in [2.45, 2.75) is 57.9 Å². The maximum atomic E-state index is 4.64. The third-order valence-electron chi connectivity index (χ3n) is 3.42. The van der Waals surface area contributed by atoms with Crippen LogP contribution in [0.3, 0.4) is 0 Å². The van der Waals surface area contributed by atoms with Gasteiger partial charge in [-0.25, -0.2) is 0 Å². The molecule has 1 atom stereocenters. The number of rotatable bonds is 9. The maximum Gasteiger partial charge on any atom is 0.0762 e. The number of aromatic nitrogens is 2. The van der Waals surface area contributed by atoms with Crippen molar-refractivity contribution in [3.8, 4) is 0 Å². The minimum absolute atomic E-state index is 0.551. The monoisotopic (exact) mass is 269 g/mol. The van der Waals surface area contributed by atoms with Crippen molar-refractivity contribution in [1.82, 2.24) is 15.1 Å². The summed E-state index contributed by atoms with van der Waals surface area (Å²) in [5, 5.41) is 8.84. The fraction of sp³-hybridized carbons (Fsp3) is 0.786. The summed E-state index contributed by atoms with van der Waals surface area (Å²) in [6, 6.07) is 2.68. The van der Waals surface area contributed by atoms with E-state index < -0.39 is 0 Å². The highest BCUT2D eigenvalue weighted by Gasteiger charge is 2.07. The average molecular weight is 269 g/mol. The van der Waals surface area contributed by atoms with Crippen molar-refractivity contribution in [2.24, 2.45) is 0 Å². The molecule has 1 aromatic heterocycles. The normalized spacial score (nSPS) is 13.2. The Balaban J connectivity index is 2.31. The molecule has 18 heavy (non-hydrogen) atoms. The number of nitrogens with zero attached hydrogens (tertiary/aromatic N) is 2. The van der Waals surface area contributed by atoms with Crippen LogP contribution in [0.5, 0.6) is 0 Å². The number of hydrogen-bond donors (Lipinski definition) is 1. The van der Waals surface area contributed by atoms with Crippen LogP contribution in [0, 0.1) is 0 Å². The topological polar surface area (TPSA) is 29.9 Å². The number of hydrogen-bond acceptors (Lipinski definition) is 3. The van der Waals surface area contributed by atoms with Gasteiger partial charge in [-0.15, -0.1) is 0 Å². The Hall–Kier alpha value is -0.480. The molecule has 0 aliphatic carbocycles. The molecular weight excluding hydrogens is 242 g/mol. The first-order valence-electron chi connectivity index (χ1n) is 6.98. The lowest BCUT2D eigenvalue weighted by Crippen LogP contribution is -2.18. The molecule has 1 heterocycles. The van der Waals surface area contributed by atoms with Crippen LogP contribution in [-0.4, -0.2) is 27.8 Å². The van der Waals surface area contributed by atoms with Gasteiger partial charge in [0.2, 0.25) is 0 Å². The second kappa shape index (κ2) is 8.59. The van der Waals surface area contributed by atoms with Gasteiger partial charge in [0.05, 0.1) is 11.7 Å². The van der Waals surface area contributed by atoms with Crippen molar-refractivity contribution < 1.29 is 0 Å². The van der Waals surface area contributed by atoms with Gasteiger partial charge in [-0.2, -0.15) is 16.9 Å². The second-order valence-corrected chi connectivity index (χ2v) is 6.05. The van der Waals surface area contributed by atoms with Gasteiger partial charge in [-0.05, 0) is 38.1 Å². The van der Waals surface area contributed by atoms with Crippen LogP contribution in [0.25, 0.3) is 0 Å². The van der Waals surface area contributed by atoms with Crippen LogP contribution >= 0.6 is 11.8 Å². The predicted molar refractivity (Wildman–Crippen MR) is 81.1 cm³/mol. The summed E-state index contributed by atoms with van der Waals surface area (Å²) in [5.41, 5.74) is 1.15. The third kappa shape index (κ3) is 5.02. The lowest BCUT2D eigenvalue weighted by Gasteiger charge is -2.12. The molecule has 0 aromatic carbocycles. The molecule has 1 unspecified atom stereocenters. The molecule has 104 valence electrons. The fourth-order valence-corrected chi connectivity index (χ4v) is 2.33. The third-order valence-corrected chi connectivity index (χ3v) is 4.46. The van der Waals surface area contributed by atoms with E-state index in [-0.39, 0.29) is 0 Å². The van der Waals surface area contributed by atoms with Gasteiger partial charge in [0.1, 0.15) is 0 Å². The molecule has 0 radical (unpaired) electrons. The van der Waals surface area contributed by atoms with E-state index in [1.165, 1.54) is 6.42 Å². The maximum absolute atomic E-state index is 4.64. The summed E-state index contributed by atoms with van der Waals surface area (Å²) < 4.78 is 2.11. The number of thioether (sulfide) groups is 1. The molecule has 0 spiro atoms. The Morgan fingerprint density at radius 2 is 2.11 bits per heavy atom. The van der Waals surface area contributed by atoms with Gasteiger partial charge in [0.15, 0.2) is 0 Å². The standard InChI is InChI=1S/C14H27N3S/c1-5-14(6-2)17-10-8-13(16-17)11-15-9-7-12(3)18-4/h8,10,12,14-15H,5-7,9,11H2,1-4H3.